The summed E-state index contributed by atoms with van der Waals surface area (Å²) in [5, 5.41) is 0. The van der Waals surface area contributed by atoms with Crippen LogP contribution in [-0.2, 0) is 17.5 Å². The lowest BCUT2D eigenvalue weighted by molar-refractivity contribution is -0.138. The average Bonchev–Trinajstić information content (AvgIpc) is 2.76. The van der Waals surface area contributed by atoms with Gasteiger partial charge in [-0.1, -0.05) is 32.0 Å². The van der Waals surface area contributed by atoms with Crippen molar-refractivity contribution in [3.8, 4) is 5.88 Å². The van der Waals surface area contributed by atoms with Crippen LogP contribution >= 0.6 is 0 Å². The van der Waals surface area contributed by atoms with Crippen molar-refractivity contribution in [1.29, 1.82) is 0 Å². The van der Waals surface area contributed by atoms with Crippen LogP contribution < -0.4 is 4.74 Å². The summed E-state index contributed by atoms with van der Waals surface area (Å²) < 4.78 is 56.8. The summed E-state index contributed by atoms with van der Waals surface area (Å²) in [6.45, 7) is 14.4. The quantitative estimate of drug-likeness (QED) is 0.321. The number of hydrogen-bond donors (Lipinski definition) is 0. The number of Topliss-reactive ketones (excluding diaryl/α,β-unsaturated/α-hetero) is 1. The number of rotatable bonds is 10. The zero-order valence-electron chi connectivity index (χ0n) is 22.4. The highest BCUT2D eigenvalue weighted by Gasteiger charge is 2.31. The Labute approximate surface area is 212 Å². The molecule has 2 aromatic rings. The second-order valence-corrected chi connectivity index (χ2v) is 9.84. The van der Waals surface area contributed by atoms with E-state index in [0.717, 1.165) is 18.3 Å². The Balaban J connectivity index is 0.000000488. The van der Waals surface area contributed by atoms with Crippen molar-refractivity contribution in [3.63, 3.8) is 0 Å². The summed E-state index contributed by atoms with van der Waals surface area (Å²) in [6, 6.07) is 5.50. The lowest BCUT2D eigenvalue weighted by Gasteiger charge is -2.28. The molecule has 36 heavy (non-hydrogen) atoms. The fourth-order valence-electron chi connectivity index (χ4n) is 3.48. The SMILES string of the molecule is CCN(CCC(F)(CC)CC(C)=O)Cc1nccnc1OC(C)(C)C.Cc1ccccc1C(F)(F)F. The van der Waals surface area contributed by atoms with E-state index < -0.39 is 17.4 Å². The van der Waals surface area contributed by atoms with E-state index in [2.05, 4.69) is 14.9 Å². The molecule has 5 nitrogen and oxygen atoms in total. The van der Waals surface area contributed by atoms with Crippen LogP contribution in [0.25, 0.3) is 0 Å². The fourth-order valence-corrected chi connectivity index (χ4v) is 3.48. The van der Waals surface area contributed by atoms with Gasteiger partial charge in [0.25, 0.3) is 0 Å². The number of ether oxygens (including phenoxy) is 1. The van der Waals surface area contributed by atoms with Crippen LogP contribution in [0.3, 0.4) is 0 Å². The Bertz CT molecular complexity index is 961. The van der Waals surface area contributed by atoms with Crippen molar-refractivity contribution >= 4 is 5.78 Å². The molecule has 0 fully saturated rings. The van der Waals surface area contributed by atoms with E-state index in [-0.39, 0.29) is 23.4 Å². The van der Waals surface area contributed by atoms with Gasteiger partial charge in [0.2, 0.25) is 5.88 Å². The Hall–Kier alpha value is -2.55. The van der Waals surface area contributed by atoms with Gasteiger partial charge in [0, 0.05) is 31.9 Å². The number of benzene rings is 1. The van der Waals surface area contributed by atoms with Gasteiger partial charge >= 0.3 is 6.18 Å². The Morgan fingerprint density at radius 2 is 1.64 bits per heavy atom. The first kappa shape index (κ1) is 31.5. The number of ketones is 1. The molecule has 0 bridgehead atoms. The van der Waals surface area contributed by atoms with Crippen molar-refractivity contribution in [3.05, 3.63) is 53.5 Å². The molecular weight excluding hydrogens is 474 g/mol. The van der Waals surface area contributed by atoms with Gasteiger partial charge in [-0.25, -0.2) is 9.37 Å². The number of nitrogens with zero attached hydrogens (tertiary/aromatic N) is 3. The van der Waals surface area contributed by atoms with Gasteiger partial charge in [-0.15, -0.1) is 0 Å². The minimum Gasteiger partial charge on any atom is -0.471 e. The van der Waals surface area contributed by atoms with Gasteiger partial charge in [-0.05, 0) is 65.6 Å². The third kappa shape index (κ3) is 11.5. The molecule has 0 spiro atoms. The van der Waals surface area contributed by atoms with Crippen molar-refractivity contribution in [2.45, 2.75) is 91.7 Å². The van der Waals surface area contributed by atoms with Crippen LogP contribution in [0.15, 0.2) is 36.7 Å². The number of aryl methyl sites for hydroxylation is 1. The van der Waals surface area contributed by atoms with E-state index in [1.807, 2.05) is 27.7 Å². The topological polar surface area (TPSA) is 55.3 Å². The van der Waals surface area contributed by atoms with Crippen LogP contribution in [0, 0.1) is 6.92 Å². The molecule has 0 N–H and O–H groups in total. The summed E-state index contributed by atoms with van der Waals surface area (Å²) in [7, 11) is 0. The summed E-state index contributed by atoms with van der Waals surface area (Å²) >= 11 is 0. The van der Waals surface area contributed by atoms with Crippen LogP contribution in [0.1, 0.15) is 77.6 Å². The predicted molar refractivity (Wildman–Crippen MR) is 134 cm³/mol. The minimum absolute atomic E-state index is 0.0232. The molecule has 1 aromatic heterocycles. The summed E-state index contributed by atoms with van der Waals surface area (Å²) in [4.78, 5) is 22.1. The van der Waals surface area contributed by atoms with E-state index in [1.54, 1.807) is 25.4 Å². The summed E-state index contributed by atoms with van der Waals surface area (Å²) in [5.74, 6) is 0.404. The maximum absolute atomic E-state index is 14.8. The van der Waals surface area contributed by atoms with E-state index in [4.69, 9.17) is 4.74 Å². The molecule has 0 aliphatic carbocycles. The third-order valence-electron chi connectivity index (χ3n) is 5.49. The number of carbonyl (C=O) groups is 1. The molecule has 0 saturated heterocycles. The zero-order valence-corrected chi connectivity index (χ0v) is 22.4. The zero-order chi connectivity index (χ0) is 27.6. The maximum atomic E-state index is 14.8. The van der Waals surface area contributed by atoms with Crippen molar-refractivity contribution < 1.29 is 27.1 Å². The lowest BCUT2D eigenvalue weighted by atomic mass is 9.92. The largest absolute Gasteiger partial charge is 0.471 e. The molecule has 0 radical (unpaired) electrons. The Morgan fingerprint density at radius 3 is 2.11 bits per heavy atom. The van der Waals surface area contributed by atoms with Crippen molar-refractivity contribution in [2.24, 2.45) is 0 Å². The van der Waals surface area contributed by atoms with Crippen LogP contribution in [0.5, 0.6) is 5.88 Å². The molecule has 0 amide bonds. The molecule has 1 aromatic carbocycles. The maximum Gasteiger partial charge on any atom is 0.416 e. The highest BCUT2D eigenvalue weighted by Crippen LogP contribution is 2.31. The van der Waals surface area contributed by atoms with Crippen LogP contribution in [0.4, 0.5) is 17.6 Å². The highest BCUT2D eigenvalue weighted by molar-refractivity contribution is 5.76. The van der Waals surface area contributed by atoms with Crippen LogP contribution in [0.2, 0.25) is 0 Å². The minimum atomic E-state index is -4.22. The number of halogens is 4. The molecule has 1 atom stereocenters. The van der Waals surface area contributed by atoms with E-state index >= 15 is 0 Å². The lowest BCUT2D eigenvalue weighted by Crippen LogP contribution is -2.33. The molecule has 1 unspecified atom stereocenters. The fraction of sp³-hybridized carbons (Fsp3) is 0.593. The van der Waals surface area contributed by atoms with Gasteiger partial charge in [-0.2, -0.15) is 13.2 Å². The first-order valence-corrected chi connectivity index (χ1v) is 12.1. The predicted octanol–water partition coefficient (Wildman–Crippen LogP) is 6.98. The molecule has 0 aliphatic rings. The van der Waals surface area contributed by atoms with Gasteiger partial charge in [0.15, 0.2) is 0 Å². The molecule has 0 aliphatic heterocycles. The van der Waals surface area contributed by atoms with E-state index in [9.17, 15) is 22.4 Å². The van der Waals surface area contributed by atoms with E-state index in [0.29, 0.717) is 31.8 Å². The van der Waals surface area contributed by atoms with E-state index in [1.165, 1.54) is 26.0 Å². The molecule has 202 valence electrons. The number of hydrogen-bond acceptors (Lipinski definition) is 5. The normalized spacial score (nSPS) is 13.6. The molecule has 2 rings (SSSR count). The van der Waals surface area contributed by atoms with Gasteiger partial charge in [0.05, 0.1) is 5.56 Å². The summed E-state index contributed by atoms with van der Waals surface area (Å²) in [6.07, 6.45) is -0.326. The Morgan fingerprint density at radius 1 is 1.03 bits per heavy atom. The molecule has 0 saturated carbocycles. The second kappa shape index (κ2) is 13.7. The van der Waals surface area contributed by atoms with Crippen LogP contribution in [-0.4, -0.2) is 45.0 Å². The van der Waals surface area contributed by atoms with Crippen molar-refractivity contribution in [1.82, 2.24) is 14.9 Å². The molecular formula is C27H39F4N3O2. The molecule has 9 heteroatoms. The number of aromatic nitrogens is 2. The average molecular weight is 514 g/mol. The monoisotopic (exact) mass is 513 g/mol. The smallest absolute Gasteiger partial charge is 0.416 e. The van der Waals surface area contributed by atoms with Crippen molar-refractivity contribution in [2.75, 3.05) is 13.1 Å². The Kier molecular flexibility index (Phi) is 12.0. The third-order valence-corrected chi connectivity index (χ3v) is 5.49. The van der Waals surface area contributed by atoms with Gasteiger partial charge in [0.1, 0.15) is 22.7 Å². The summed E-state index contributed by atoms with van der Waals surface area (Å²) in [5.41, 5.74) is -1.35. The standard InChI is InChI=1S/C19H32FN3O2.C8H7F3/c1-7-19(20,13-15(3)24)9-12-23(8-2)14-16-17(22-11-10-21-16)25-18(4,5)6;1-6-4-2-3-5-7(6)8(9,10)11/h10-11H,7-9,12-14H2,1-6H3;2-5H,1H3. The number of carbonyl (C=O) groups excluding carboxylic acids is 1. The number of alkyl halides is 4. The first-order valence-electron chi connectivity index (χ1n) is 12.1. The van der Waals surface area contributed by atoms with Gasteiger partial charge in [-0.3, -0.25) is 14.7 Å². The van der Waals surface area contributed by atoms with Gasteiger partial charge < -0.3 is 4.74 Å². The highest BCUT2D eigenvalue weighted by atomic mass is 19.4. The second-order valence-electron chi connectivity index (χ2n) is 9.84. The first-order chi connectivity index (χ1) is 16.6. The molecule has 1 heterocycles.